The summed E-state index contributed by atoms with van der Waals surface area (Å²) in [6.07, 6.45) is 3.94. The molecule has 0 fully saturated rings. The molecule has 5 aliphatic rings. The number of hydrogen-bond donors (Lipinski definition) is 0. The van der Waals surface area contributed by atoms with Crippen LogP contribution in [0.15, 0.2) is 188 Å². The molecule has 0 amide bonds. The lowest BCUT2D eigenvalue weighted by Crippen LogP contribution is -2.18. The van der Waals surface area contributed by atoms with Gasteiger partial charge in [-0.1, -0.05) is 184 Å². The molecule has 1 heteroatoms. The largest absolute Gasteiger partial charge is 0.309 e. The molecule has 4 bridgehead atoms. The van der Waals surface area contributed by atoms with E-state index in [0.29, 0.717) is 0 Å². The summed E-state index contributed by atoms with van der Waals surface area (Å²) in [6.45, 7) is 4.81. The highest BCUT2D eigenvalue weighted by Crippen LogP contribution is 2.55. The molecule has 0 unspecified atom stereocenters. The van der Waals surface area contributed by atoms with E-state index in [9.17, 15) is 0 Å². The quantitative estimate of drug-likeness (QED) is 0.165. The summed E-state index contributed by atoms with van der Waals surface area (Å²) < 4.78 is 0. The summed E-state index contributed by atoms with van der Waals surface area (Å²) >= 11 is 0. The number of para-hydroxylation sites is 1. The van der Waals surface area contributed by atoms with E-state index in [0.717, 1.165) is 25.7 Å². The minimum Gasteiger partial charge on any atom is -0.309 e. The summed E-state index contributed by atoms with van der Waals surface area (Å²) in [5.74, 6) is 0. The first kappa shape index (κ1) is 34.1. The number of rotatable bonds is 6. The van der Waals surface area contributed by atoms with Gasteiger partial charge in [-0.15, -0.1) is 0 Å². The smallest absolute Gasteiger partial charge is 0.0618 e. The molecular formula is C55H45N. The van der Waals surface area contributed by atoms with Crippen LogP contribution in [0.5, 0.6) is 0 Å². The van der Waals surface area contributed by atoms with Crippen molar-refractivity contribution in [2.75, 3.05) is 4.90 Å². The zero-order valence-corrected chi connectivity index (χ0v) is 32.2. The molecule has 5 aliphatic carbocycles. The highest BCUT2D eigenvalue weighted by atomic mass is 15.2. The molecule has 0 aromatic heterocycles. The van der Waals surface area contributed by atoms with Gasteiger partial charge in [-0.25, -0.2) is 0 Å². The third kappa shape index (κ3) is 5.96. The van der Waals surface area contributed by atoms with Crippen molar-refractivity contribution >= 4 is 17.1 Å². The second-order valence-electron chi connectivity index (χ2n) is 16.0. The molecule has 0 heterocycles. The molecule has 0 spiro atoms. The third-order valence-corrected chi connectivity index (χ3v) is 12.3. The first-order valence-electron chi connectivity index (χ1n) is 20.1. The van der Waals surface area contributed by atoms with E-state index in [2.05, 4.69) is 207 Å². The van der Waals surface area contributed by atoms with Gasteiger partial charge in [0.25, 0.3) is 0 Å². The van der Waals surface area contributed by atoms with Gasteiger partial charge in [0.1, 0.15) is 0 Å². The van der Waals surface area contributed by atoms with Crippen LogP contribution in [-0.4, -0.2) is 0 Å². The van der Waals surface area contributed by atoms with Crippen molar-refractivity contribution in [2.24, 2.45) is 0 Å². The maximum Gasteiger partial charge on any atom is 0.0618 e. The Labute approximate surface area is 331 Å². The standard InChI is InChI=1S/C55H45N/c1-55(2)50-23-13-20-46(41-14-6-3-7-15-41)53(50)49-35-34-45(37-51(49)55)56(52-36-40-29-28-38-24-26-39(27-25-38)30-32-44(52)33-31-40)54-47(42-16-8-4-9-17-42)21-12-22-48(54)43-18-10-5-11-19-43/h3-27,31,33-37H,28-30,32H2,1-2H3. The summed E-state index contributed by atoms with van der Waals surface area (Å²) in [5, 5.41) is 0. The van der Waals surface area contributed by atoms with Crippen LogP contribution < -0.4 is 4.90 Å². The zero-order chi connectivity index (χ0) is 37.6. The second kappa shape index (κ2) is 14.0. The molecule has 0 saturated heterocycles. The molecule has 0 aliphatic heterocycles. The van der Waals surface area contributed by atoms with Crippen LogP contribution >= 0.6 is 0 Å². The topological polar surface area (TPSA) is 3.24 Å². The Morgan fingerprint density at radius 1 is 0.393 bits per heavy atom. The maximum absolute atomic E-state index is 2.62. The molecule has 0 saturated carbocycles. The average molecular weight is 720 g/mol. The van der Waals surface area contributed by atoms with Crippen molar-refractivity contribution in [1.29, 1.82) is 0 Å². The molecule has 8 aromatic rings. The average Bonchev–Trinajstić information content (AvgIpc) is 3.48. The van der Waals surface area contributed by atoms with Gasteiger partial charge in [0.2, 0.25) is 0 Å². The molecule has 8 aromatic carbocycles. The van der Waals surface area contributed by atoms with Gasteiger partial charge in [0.15, 0.2) is 0 Å². The summed E-state index contributed by atoms with van der Waals surface area (Å²) in [7, 11) is 0. The van der Waals surface area contributed by atoms with Gasteiger partial charge in [-0.05, 0) is 111 Å². The van der Waals surface area contributed by atoms with Crippen molar-refractivity contribution in [3.63, 3.8) is 0 Å². The Morgan fingerprint density at radius 3 is 1.54 bits per heavy atom. The molecule has 56 heavy (non-hydrogen) atoms. The molecular weight excluding hydrogens is 675 g/mol. The highest BCUT2D eigenvalue weighted by molar-refractivity contribution is 6.00. The summed E-state index contributed by atoms with van der Waals surface area (Å²) in [6, 6.07) is 70.4. The van der Waals surface area contributed by atoms with Crippen molar-refractivity contribution < 1.29 is 0 Å². The Hall–Kier alpha value is -6.44. The molecule has 270 valence electrons. The first-order valence-corrected chi connectivity index (χ1v) is 20.1. The number of aryl methyl sites for hydroxylation is 4. The number of anilines is 3. The van der Waals surface area contributed by atoms with Crippen molar-refractivity contribution in [1.82, 2.24) is 0 Å². The molecule has 13 rings (SSSR count). The fourth-order valence-electron chi connectivity index (χ4n) is 9.27. The normalized spacial score (nSPS) is 13.8. The lowest BCUT2D eigenvalue weighted by Gasteiger charge is -2.33. The van der Waals surface area contributed by atoms with Crippen LogP contribution in [0.2, 0.25) is 0 Å². The molecule has 0 atom stereocenters. The predicted octanol–water partition coefficient (Wildman–Crippen LogP) is 14.3. The van der Waals surface area contributed by atoms with Gasteiger partial charge in [0, 0.05) is 27.9 Å². The summed E-state index contributed by atoms with van der Waals surface area (Å²) in [4.78, 5) is 2.62. The van der Waals surface area contributed by atoms with Crippen LogP contribution in [0, 0.1) is 0 Å². The number of nitrogens with zero attached hydrogens (tertiary/aromatic N) is 1. The van der Waals surface area contributed by atoms with Crippen molar-refractivity contribution in [3.05, 3.63) is 221 Å². The molecule has 0 radical (unpaired) electrons. The number of hydrogen-bond acceptors (Lipinski definition) is 1. The van der Waals surface area contributed by atoms with Crippen LogP contribution in [0.3, 0.4) is 0 Å². The van der Waals surface area contributed by atoms with Gasteiger partial charge in [0.05, 0.1) is 5.69 Å². The van der Waals surface area contributed by atoms with Gasteiger partial charge < -0.3 is 4.90 Å². The second-order valence-corrected chi connectivity index (χ2v) is 16.0. The summed E-state index contributed by atoms with van der Waals surface area (Å²) in [5.41, 5.74) is 21.8. The van der Waals surface area contributed by atoms with Crippen molar-refractivity contribution in [2.45, 2.75) is 44.9 Å². The fraction of sp³-hybridized carbons (Fsp3) is 0.127. The highest BCUT2D eigenvalue weighted by Gasteiger charge is 2.38. The van der Waals surface area contributed by atoms with E-state index < -0.39 is 0 Å². The molecule has 1 nitrogen and oxygen atoms in total. The minimum absolute atomic E-state index is 0.189. The predicted molar refractivity (Wildman–Crippen MR) is 236 cm³/mol. The Kier molecular flexibility index (Phi) is 8.52. The Bertz CT molecular complexity index is 2630. The van der Waals surface area contributed by atoms with Gasteiger partial charge in [-0.3, -0.25) is 0 Å². The van der Waals surface area contributed by atoms with Gasteiger partial charge >= 0.3 is 0 Å². The maximum atomic E-state index is 2.62. The minimum atomic E-state index is -0.189. The number of fused-ring (bicyclic) bond motifs is 3. The van der Waals surface area contributed by atoms with E-state index in [1.807, 2.05) is 0 Å². The molecule has 0 N–H and O–H groups in total. The number of benzene rings is 8. The Balaban J connectivity index is 1.25. The van der Waals surface area contributed by atoms with E-state index in [-0.39, 0.29) is 5.41 Å². The Morgan fingerprint density at radius 2 is 0.911 bits per heavy atom. The SMILES string of the molecule is CC1(C)c2cc(N(c3cc4ccc3CCc3ccc(cc3)CC4)c3c(-c4ccccc4)cccc3-c3ccccc3)ccc2-c2c(-c3ccccc3)cccc21. The lowest BCUT2D eigenvalue weighted by molar-refractivity contribution is 0.660. The van der Waals surface area contributed by atoms with E-state index in [1.165, 1.54) is 95.0 Å². The fourth-order valence-corrected chi connectivity index (χ4v) is 9.27. The van der Waals surface area contributed by atoms with E-state index in [4.69, 9.17) is 0 Å². The van der Waals surface area contributed by atoms with E-state index >= 15 is 0 Å². The van der Waals surface area contributed by atoms with Crippen LogP contribution in [0.25, 0.3) is 44.5 Å². The zero-order valence-electron chi connectivity index (χ0n) is 32.2. The van der Waals surface area contributed by atoms with Crippen LogP contribution in [0.4, 0.5) is 17.1 Å². The lowest BCUT2D eigenvalue weighted by atomic mass is 9.81. The van der Waals surface area contributed by atoms with E-state index in [1.54, 1.807) is 0 Å². The van der Waals surface area contributed by atoms with Crippen molar-refractivity contribution in [3.8, 4) is 44.5 Å². The van der Waals surface area contributed by atoms with Crippen LogP contribution in [-0.2, 0) is 31.1 Å². The third-order valence-electron chi connectivity index (χ3n) is 12.3. The first-order chi connectivity index (χ1) is 27.5. The van der Waals surface area contributed by atoms with Crippen LogP contribution in [0.1, 0.15) is 47.2 Å². The monoisotopic (exact) mass is 719 g/mol. The van der Waals surface area contributed by atoms with Gasteiger partial charge in [-0.2, -0.15) is 0 Å².